The maximum absolute atomic E-state index is 5.63. The van der Waals surface area contributed by atoms with Crippen molar-refractivity contribution < 1.29 is 4.74 Å². The average Bonchev–Trinajstić information content (AvgIpc) is 2.96. The van der Waals surface area contributed by atoms with E-state index in [1.807, 2.05) is 12.1 Å². The molecule has 4 heteroatoms. The van der Waals surface area contributed by atoms with Gasteiger partial charge in [-0.1, -0.05) is 6.07 Å². The van der Waals surface area contributed by atoms with Crippen molar-refractivity contribution >= 4 is 5.65 Å². The molecule has 1 aliphatic heterocycles. The first kappa shape index (κ1) is 10.7. The Bertz CT molecular complexity index is 514. The molecule has 0 amide bonds. The summed E-state index contributed by atoms with van der Waals surface area (Å²) in [5.41, 5.74) is 8.90. The zero-order valence-electron chi connectivity index (χ0n) is 9.80. The lowest BCUT2D eigenvalue weighted by molar-refractivity contribution is 0.185. The van der Waals surface area contributed by atoms with Gasteiger partial charge in [0.1, 0.15) is 5.65 Å². The Kier molecular flexibility index (Phi) is 2.82. The van der Waals surface area contributed by atoms with Gasteiger partial charge < -0.3 is 14.9 Å². The minimum atomic E-state index is 0.569. The molecule has 1 aliphatic rings. The Labute approximate surface area is 100 Å². The SMILES string of the molecule is NCc1ccc2nc(CC3CCOC3)cn2c1. The van der Waals surface area contributed by atoms with Crippen LogP contribution in [0.2, 0.25) is 0 Å². The van der Waals surface area contributed by atoms with Crippen molar-refractivity contribution in [2.75, 3.05) is 13.2 Å². The van der Waals surface area contributed by atoms with Crippen molar-refractivity contribution in [2.45, 2.75) is 19.4 Å². The van der Waals surface area contributed by atoms with Gasteiger partial charge in [0.25, 0.3) is 0 Å². The molecular formula is C13H17N3O. The molecule has 1 saturated heterocycles. The highest BCUT2D eigenvalue weighted by Gasteiger charge is 2.17. The third kappa shape index (κ3) is 2.18. The predicted molar refractivity (Wildman–Crippen MR) is 65.7 cm³/mol. The molecule has 3 heterocycles. The molecule has 0 aliphatic carbocycles. The molecule has 2 aromatic rings. The maximum atomic E-state index is 5.63. The van der Waals surface area contributed by atoms with Crippen molar-refractivity contribution in [3.8, 4) is 0 Å². The molecule has 1 unspecified atom stereocenters. The van der Waals surface area contributed by atoms with Crippen LogP contribution in [0.25, 0.3) is 5.65 Å². The fraction of sp³-hybridized carbons (Fsp3) is 0.462. The van der Waals surface area contributed by atoms with Crippen LogP contribution in [-0.4, -0.2) is 22.6 Å². The number of ether oxygens (including phenoxy) is 1. The van der Waals surface area contributed by atoms with Gasteiger partial charge >= 0.3 is 0 Å². The molecule has 4 nitrogen and oxygen atoms in total. The van der Waals surface area contributed by atoms with Crippen molar-refractivity contribution in [3.05, 3.63) is 35.8 Å². The Hall–Kier alpha value is -1.39. The quantitative estimate of drug-likeness (QED) is 0.868. The number of hydrogen-bond acceptors (Lipinski definition) is 3. The molecule has 2 N–H and O–H groups in total. The van der Waals surface area contributed by atoms with Gasteiger partial charge in [-0.05, 0) is 30.4 Å². The summed E-state index contributed by atoms with van der Waals surface area (Å²) in [4.78, 5) is 4.62. The largest absolute Gasteiger partial charge is 0.381 e. The fourth-order valence-corrected chi connectivity index (χ4v) is 2.35. The third-order valence-corrected chi connectivity index (χ3v) is 3.32. The first-order valence-corrected chi connectivity index (χ1v) is 6.09. The molecule has 0 spiro atoms. The molecule has 90 valence electrons. The minimum absolute atomic E-state index is 0.569. The fourth-order valence-electron chi connectivity index (χ4n) is 2.35. The summed E-state index contributed by atoms with van der Waals surface area (Å²) in [6.07, 6.45) is 6.32. The summed E-state index contributed by atoms with van der Waals surface area (Å²) in [6.45, 7) is 2.34. The van der Waals surface area contributed by atoms with Crippen LogP contribution in [-0.2, 0) is 17.7 Å². The van der Waals surface area contributed by atoms with Gasteiger partial charge in [0.05, 0.1) is 5.69 Å². The lowest BCUT2D eigenvalue weighted by Gasteiger charge is -2.02. The molecule has 1 atom stereocenters. The van der Waals surface area contributed by atoms with Crippen molar-refractivity contribution in [3.63, 3.8) is 0 Å². The number of imidazole rings is 1. The van der Waals surface area contributed by atoms with Crippen LogP contribution in [0, 0.1) is 5.92 Å². The summed E-state index contributed by atoms with van der Waals surface area (Å²) < 4.78 is 7.45. The number of hydrogen-bond donors (Lipinski definition) is 1. The zero-order chi connectivity index (χ0) is 11.7. The molecule has 0 radical (unpaired) electrons. The van der Waals surface area contributed by atoms with Crippen molar-refractivity contribution in [2.24, 2.45) is 11.7 Å². The Morgan fingerprint density at radius 2 is 2.35 bits per heavy atom. The molecule has 0 bridgehead atoms. The van der Waals surface area contributed by atoms with Gasteiger partial charge in [0, 0.05) is 32.2 Å². The van der Waals surface area contributed by atoms with E-state index in [1.54, 1.807) is 0 Å². The molecule has 17 heavy (non-hydrogen) atoms. The predicted octanol–water partition coefficient (Wildman–Crippen LogP) is 1.37. The monoisotopic (exact) mass is 231 g/mol. The highest BCUT2D eigenvalue weighted by Crippen LogP contribution is 2.18. The summed E-state index contributed by atoms with van der Waals surface area (Å²) >= 11 is 0. The first-order valence-electron chi connectivity index (χ1n) is 6.09. The van der Waals surface area contributed by atoms with E-state index >= 15 is 0 Å². The second-order valence-electron chi connectivity index (χ2n) is 4.67. The number of pyridine rings is 1. The number of nitrogens with two attached hydrogens (primary N) is 1. The summed E-state index contributed by atoms with van der Waals surface area (Å²) in [6, 6.07) is 4.06. The van der Waals surface area contributed by atoms with Crippen LogP contribution in [0.3, 0.4) is 0 Å². The highest BCUT2D eigenvalue weighted by atomic mass is 16.5. The van der Waals surface area contributed by atoms with Gasteiger partial charge in [-0.3, -0.25) is 0 Å². The van der Waals surface area contributed by atoms with Gasteiger partial charge in [0.2, 0.25) is 0 Å². The normalized spacial score (nSPS) is 20.2. The van der Waals surface area contributed by atoms with Crippen LogP contribution in [0.5, 0.6) is 0 Å². The standard InChI is InChI=1S/C13H17N3O/c14-6-11-1-2-13-15-12(8-16(13)7-11)5-10-3-4-17-9-10/h1-2,7-8,10H,3-6,9,14H2. The van der Waals surface area contributed by atoms with Crippen LogP contribution >= 0.6 is 0 Å². The van der Waals surface area contributed by atoms with Gasteiger partial charge in [-0.15, -0.1) is 0 Å². The van der Waals surface area contributed by atoms with E-state index in [2.05, 4.69) is 21.8 Å². The highest BCUT2D eigenvalue weighted by molar-refractivity contribution is 5.41. The zero-order valence-corrected chi connectivity index (χ0v) is 9.80. The van der Waals surface area contributed by atoms with E-state index < -0.39 is 0 Å². The van der Waals surface area contributed by atoms with Crippen molar-refractivity contribution in [1.29, 1.82) is 0 Å². The number of aromatic nitrogens is 2. The molecule has 2 aromatic heterocycles. The van der Waals surface area contributed by atoms with E-state index in [1.165, 1.54) is 0 Å². The third-order valence-electron chi connectivity index (χ3n) is 3.32. The Morgan fingerprint density at radius 1 is 1.41 bits per heavy atom. The number of fused-ring (bicyclic) bond motifs is 1. The summed E-state index contributed by atoms with van der Waals surface area (Å²) in [5, 5.41) is 0. The van der Waals surface area contributed by atoms with Gasteiger partial charge in [-0.25, -0.2) is 4.98 Å². The summed E-state index contributed by atoms with van der Waals surface area (Å²) in [7, 11) is 0. The van der Waals surface area contributed by atoms with E-state index in [-0.39, 0.29) is 0 Å². The van der Waals surface area contributed by atoms with Crippen LogP contribution in [0.15, 0.2) is 24.5 Å². The van der Waals surface area contributed by atoms with Gasteiger partial charge in [-0.2, -0.15) is 0 Å². The Morgan fingerprint density at radius 3 is 3.12 bits per heavy atom. The molecule has 1 fully saturated rings. The molecule has 3 rings (SSSR count). The van der Waals surface area contributed by atoms with E-state index in [0.29, 0.717) is 12.5 Å². The molecular weight excluding hydrogens is 214 g/mol. The smallest absolute Gasteiger partial charge is 0.136 e. The second kappa shape index (κ2) is 4.47. The summed E-state index contributed by atoms with van der Waals surface area (Å²) in [5.74, 6) is 0.633. The van der Waals surface area contributed by atoms with E-state index in [0.717, 1.165) is 43.0 Å². The molecule has 0 aromatic carbocycles. The maximum Gasteiger partial charge on any atom is 0.136 e. The molecule has 0 saturated carbocycles. The van der Waals surface area contributed by atoms with Gasteiger partial charge in [0.15, 0.2) is 0 Å². The second-order valence-corrected chi connectivity index (χ2v) is 4.67. The number of rotatable bonds is 3. The lowest BCUT2D eigenvalue weighted by Crippen LogP contribution is -2.03. The topological polar surface area (TPSA) is 52.5 Å². The van der Waals surface area contributed by atoms with Crippen LogP contribution in [0.4, 0.5) is 0 Å². The van der Waals surface area contributed by atoms with Crippen molar-refractivity contribution in [1.82, 2.24) is 9.38 Å². The Balaban J connectivity index is 1.85. The van der Waals surface area contributed by atoms with Crippen LogP contribution in [0.1, 0.15) is 17.7 Å². The minimum Gasteiger partial charge on any atom is -0.381 e. The van der Waals surface area contributed by atoms with E-state index in [4.69, 9.17) is 10.5 Å². The lowest BCUT2D eigenvalue weighted by atomic mass is 10.0. The van der Waals surface area contributed by atoms with Crippen LogP contribution < -0.4 is 5.73 Å². The van der Waals surface area contributed by atoms with E-state index in [9.17, 15) is 0 Å². The average molecular weight is 231 g/mol. The number of nitrogens with zero attached hydrogens (tertiary/aromatic N) is 2. The first-order chi connectivity index (χ1) is 8.35.